The molecule has 0 saturated carbocycles. The van der Waals surface area contributed by atoms with Gasteiger partial charge in [-0.2, -0.15) is 0 Å². The van der Waals surface area contributed by atoms with Gasteiger partial charge in [0.05, 0.1) is 21.6 Å². The predicted octanol–water partition coefficient (Wildman–Crippen LogP) is 2.73. The van der Waals surface area contributed by atoms with Crippen molar-refractivity contribution in [3.63, 3.8) is 0 Å². The number of carbonyl (C=O) groups is 2. The van der Waals surface area contributed by atoms with E-state index in [4.69, 9.17) is 45.3 Å². The molecule has 34 heavy (non-hydrogen) atoms. The molecule has 0 aliphatic carbocycles. The first-order chi connectivity index (χ1) is 16.1. The number of amides is 1. The van der Waals surface area contributed by atoms with Crippen LogP contribution in [-0.2, 0) is 16.1 Å². The summed E-state index contributed by atoms with van der Waals surface area (Å²) in [4.78, 5) is 57.0. The van der Waals surface area contributed by atoms with Crippen molar-refractivity contribution in [3.05, 3.63) is 83.7 Å². The van der Waals surface area contributed by atoms with Crippen LogP contribution >= 0.6 is 34.8 Å². The Labute approximate surface area is 207 Å². The van der Waals surface area contributed by atoms with Gasteiger partial charge in [-0.3, -0.25) is 19.1 Å². The van der Waals surface area contributed by atoms with Crippen LogP contribution in [0.1, 0.15) is 23.0 Å². The maximum absolute atomic E-state index is 12.8. The third-order valence-corrected chi connectivity index (χ3v) is 5.96. The van der Waals surface area contributed by atoms with Crippen molar-refractivity contribution < 1.29 is 14.3 Å². The number of nitrogens with zero attached hydrogens (tertiary/aromatic N) is 3. The second-order valence-electron chi connectivity index (χ2n) is 6.86. The number of hydrogen-bond donors (Lipinski definition) is 2. The normalized spacial score (nSPS) is 10.7. The Morgan fingerprint density at radius 1 is 1.15 bits per heavy atom. The van der Waals surface area contributed by atoms with Crippen LogP contribution in [0, 0.1) is 0 Å². The number of aromatic nitrogens is 3. The molecule has 13 heteroatoms. The van der Waals surface area contributed by atoms with Gasteiger partial charge in [-0.1, -0.05) is 65.1 Å². The maximum Gasteiger partial charge on any atom is 0.359 e. The standard InChI is InChI=1S/C21H18Cl3N5O5/c1-2-28(13(30)10-34-20(32)16-15(24)14(23)12(22)8-26-16)17-18(25)29(21(33)27-19(17)31)9-11-6-4-3-5-7-11/h3-8H,2,9-10,25H2,1H3,(H,27,31,33). The number of halogens is 3. The molecule has 0 radical (unpaired) electrons. The third-order valence-electron chi connectivity index (χ3n) is 4.72. The number of hydrogen-bond acceptors (Lipinski definition) is 7. The number of anilines is 2. The molecular formula is C21H18Cl3N5O5. The molecule has 1 aromatic carbocycles. The average Bonchev–Trinajstić information content (AvgIpc) is 2.81. The number of pyridine rings is 1. The molecule has 2 heterocycles. The minimum absolute atomic E-state index is 0.00101. The highest BCUT2D eigenvalue weighted by molar-refractivity contribution is 6.48. The zero-order valence-electron chi connectivity index (χ0n) is 17.7. The van der Waals surface area contributed by atoms with E-state index in [1.807, 2.05) is 6.07 Å². The summed E-state index contributed by atoms with van der Waals surface area (Å²) < 4.78 is 6.13. The highest BCUT2D eigenvalue weighted by atomic mass is 35.5. The van der Waals surface area contributed by atoms with Crippen LogP contribution in [0.2, 0.25) is 15.1 Å². The molecule has 10 nitrogen and oxygen atoms in total. The first kappa shape index (κ1) is 25.3. The molecule has 1 amide bonds. The van der Waals surface area contributed by atoms with Gasteiger partial charge in [-0.05, 0) is 12.5 Å². The summed E-state index contributed by atoms with van der Waals surface area (Å²) in [6, 6.07) is 8.94. The molecule has 3 N–H and O–H groups in total. The van der Waals surface area contributed by atoms with Crippen LogP contribution in [-0.4, -0.2) is 39.6 Å². The summed E-state index contributed by atoms with van der Waals surface area (Å²) in [5, 5.41) is -0.281. The van der Waals surface area contributed by atoms with Gasteiger partial charge >= 0.3 is 11.7 Å². The van der Waals surface area contributed by atoms with E-state index in [-0.39, 0.29) is 45.4 Å². The van der Waals surface area contributed by atoms with Crippen LogP contribution < -0.4 is 21.9 Å². The van der Waals surface area contributed by atoms with Crippen LogP contribution in [0.5, 0.6) is 0 Å². The Kier molecular flexibility index (Phi) is 7.98. The first-order valence-corrected chi connectivity index (χ1v) is 10.9. The Morgan fingerprint density at radius 3 is 2.47 bits per heavy atom. The van der Waals surface area contributed by atoms with Crippen molar-refractivity contribution in [1.82, 2.24) is 14.5 Å². The fraction of sp³-hybridized carbons (Fsp3) is 0.190. The van der Waals surface area contributed by atoms with Crippen molar-refractivity contribution in [2.45, 2.75) is 13.5 Å². The molecule has 3 aromatic rings. The van der Waals surface area contributed by atoms with Crippen LogP contribution in [0.3, 0.4) is 0 Å². The molecule has 3 rings (SSSR count). The van der Waals surface area contributed by atoms with E-state index in [1.165, 1.54) is 0 Å². The molecule has 178 valence electrons. The van der Waals surface area contributed by atoms with Gasteiger partial charge in [0.2, 0.25) is 0 Å². The number of carbonyl (C=O) groups excluding carboxylic acids is 2. The quantitative estimate of drug-likeness (QED) is 0.451. The SMILES string of the molecule is CCN(C(=O)COC(=O)c1ncc(Cl)c(Cl)c1Cl)c1c(N)n(Cc2ccccc2)c(=O)[nH]c1=O. The number of H-pyrrole nitrogens is 1. The van der Waals surface area contributed by atoms with Crippen molar-refractivity contribution in [2.75, 3.05) is 23.8 Å². The van der Waals surface area contributed by atoms with Gasteiger partial charge in [0.15, 0.2) is 18.0 Å². The minimum Gasteiger partial charge on any atom is -0.451 e. The number of nitrogen functional groups attached to an aromatic ring is 1. The predicted molar refractivity (Wildman–Crippen MR) is 129 cm³/mol. The smallest absolute Gasteiger partial charge is 0.359 e. The number of nitrogens with two attached hydrogens (primary N) is 1. The second-order valence-corrected chi connectivity index (χ2v) is 8.02. The molecular weight excluding hydrogens is 509 g/mol. The number of aromatic amines is 1. The zero-order chi connectivity index (χ0) is 25.0. The highest BCUT2D eigenvalue weighted by Gasteiger charge is 2.25. The minimum atomic E-state index is -1.02. The van der Waals surface area contributed by atoms with E-state index in [2.05, 4.69) is 9.97 Å². The maximum atomic E-state index is 12.8. The van der Waals surface area contributed by atoms with Crippen LogP contribution in [0.15, 0.2) is 46.1 Å². The third kappa shape index (κ3) is 5.24. The lowest BCUT2D eigenvalue weighted by Gasteiger charge is -2.23. The van der Waals surface area contributed by atoms with Crippen LogP contribution in [0.4, 0.5) is 11.5 Å². The lowest BCUT2D eigenvalue weighted by atomic mass is 10.2. The zero-order valence-corrected chi connectivity index (χ0v) is 19.9. The molecule has 0 atom stereocenters. The average molecular weight is 527 g/mol. The highest BCUT2D eigenvalue weighted by Crippen LogP contribution is 2.31. The van der Waals surface area contributed by atoms with Crippen molar-refractivity contribution in [1.29, 1.82) is 0 Å². The second kappa shape index (κ2) is 10.7. The monoisotopic (exact) mass is 525 g/mol. The lowest BCUT2D eigenvalue weighted by Crippen LogP contribution is -2.42. The van der Waals surface area contributed by atoms with Gasteiger partial charge in [-0.25, -0.2) is 14.6 Å². The summed E-state index contributed by atoms with van der Waals surface area (Å²) in [5.74, 6) is -2.01. The molecule has 0 aliphatic rings. The number of esters is 1. The summed E-state index contributed by atoms with van der Waals surface area (Å²) in [5.41, 5.74) is 4.72. The fourth-order valence-electron chi connectivity index (χ4n) is 3.08. The Bertz CT molecular complexity index is 1360. The van der Waals surface area contributed by atoms with Gasteiger partial charge in [0.1, 0.15) is 5.82 Å². The molecule has 0 unspecified atom stereocenters. The Morgan fingerprint density at radius 2 is 1.82 bits per heavy atom. The van der Waals surface area contributed by atoms with E-state index in [1.54, 1.807) is 31.2 Å². The Balaban J connectivity index is 1.85. The first-order valence-electron chi connectivity index (χ1n) is 9.79. The fourth-order valence-corrected chi connectivity index (χ4v) is 3.64. The number of nitrogens with one attached hydrogen (secondary N) is 1. The van der Waals surface area contributed by atoms with Crippen LogP contribution in [0.25, 0.3) is 0 Å². The molecule has 0 spiro atoms. The van der Waals surface area contributed by atoms with Crippen molar-refractivity contribution in [3.8, 4) is 0 Å². The number of benzene rings is 1. The Hall–Kier alpha value is -3.34. The molecule has 0 saturated heterocycles. The van der Waals surface area contributed by atoms with E-state index in [9.17, 15) is 19.2 Å². The topological polar surface area (TPSA) is 140 Å². The summed E-state index contributed by atoms with van der Waals surface area (Å²) in [6.07, 6.45) is 1.11. The largest absolute Gasteiger partial charge is 0.451 e. The van der Waals surface area contributed by atoms with Crippen molar-refractivity contribution in [2.24, 2.45) is 0 Å². The number of ether oxygens (including phenoxy) is 1. The van der Waals surface area contributed by atoms with Gasteiger partial charge in [0, 0.05) is 12.7 Å². The van der Waals surface area contributed by atoms with E-state index in [0.717, 1.165) is 21.2 Å². The molecule has 0 aliphatic heterocycles. The summed E-state index contributed by atoms with van der Waals surface area (Å²) >= 11 is 17.7. The molecule has 0 fully saturated rings. The summed E-state index contributed by atoms with van der Waals surface area (Å²) in [7, 11) is 0. The number of rotatable bonds is 7. The number of likely N-dealkylation sites (N-methyl/N-ethyl adjacent to an activating group) is 1. The molecule has 2 aromatic heterocycles. The van der Waals surface area contributed by atoms with Crippen molar-refractivity contribution >= 4 is 58.2 Å². The van der Waals surface area contributed by atoms with Gasteiger partial charge < -0.3 is 15.4 Å². The van der Waals surface area contributed by atoms with Gasteiger partial charge in [0.25, 0.3) is 11.5 Å². The van der Waals surface area contributed by atoms with Gasteiger partial charge in [-0.15, -0.1) is 0 Å². The molecule has 0 bridgehead atoms. The van der Waals surface area contributed by atoms with E-state index >= 15 is 0 Å². The van der Waals surface area contributed by atoms with E-state index in [0.29, 0.717) is 0 Å². The summed E-state index contributed by atoms with van der Waals surface area (Å²) in [6.45, 7) is 0.890. The lowest BCUT2D eigenvalue weighted by molar-refractivity contribution is -0.121. The van der Waals surface area contributed by atoms with E-state index < -0.39 is 29.7 Å².